The number of thiophene rings is 1. The van der Waals surface area contributed by atoms with Gasteiger partial charge in [0, 0.05) is 23.0 Å². The summed E-state index contributed by atoms with van der Waals surface area (Å²) in [4.78, 5) is 17.7. The number of aromatic amines is 1. The van der Waals surface area contributed by atoms with E-state index >= 15 is 0 Å². The monoisotopic (exact) mass is 520 g/mol. The number of benzene rings is 2. The minimum atomic E-state index is -0.483. The molecule has 1 unspecified atom stereocenters. The van der Waals surface area contributed by atoms with Crippen LogP contribution < -0.4 is 15.4 Å². The number of hydrogen-bond donors (Lipinski definition) is 1. The molecule has 6 nitrogen and oxygen atoms in total. The predicted octanol–water partition coefficient (Wildman–Crippen LogP) is 5.82. The number of hydrogen-bond acceptors (Lipinski definition) is 6. The van der Waals surface area contributed by atoms with Crippen LogP contribution in [0.15, 0.2) is 98.3 Å². The largest absolute Gasteiger partial charge is 0.858 e. The number of halogens is 1. The summed E-state index contributed by atoms with van der Waals surface area (Å²) in [5.74, 6) is 0.145. The predicted molar refractivity (Wildman–Crippen MR) is 138 cm³/mol. The van der Waals surface area contributed by atoms with Crippen molar-refractivity contribution in [3.8, 4) is 22.9 Å². The van der Waals surface area contributed by atoms with E-state index in [1.165, 1.54) is 16.0 Å². The summed E-state index contributed by atoms with van der Waals surface area (Å²) >= 11 is 8.87. The van der Waals surface area contributed by atoms with Gasteiger partial charge in [0.05, 0.1) is 23.1 Å². The molecule has 2 aromatic carbocycles. The Morgan fingerprint density at radius 1 is 1.09 bits per heavy atom. The second-order valence-electron chi connectivity index (χ2n) is 7.65. The summed E-state index contributed by atoms with van der Waals surface area (Å²) < 4.78 is 6.63. The molecule has 35 heavy (non-hydrogen) atoms. The third-order valence-electron chi connectivity index (χ3n) is 5.51. The number of rotatable bonds is 7. The van der Waals surface area contributed by atoms with E-state index in [0.717, 1.165) is 34.0 Å². The molecule has 0 aliphatic rings. The molecule has 0 amide bonds. The molecule has 0 saturated heterocycles. The summed E-state index contributed by atoms with van der Waals surface area (Å²) in [5, 5.41) is 20.6. The zero-order chi connectivity index (χ0) is 24.4. The number of aromatic nitrogens is 3. The standard InChI is InChI=1S/C26H20ClN3O3S2/c1-33-22-14-18(10-12-28-22)16-6-8-17(9-7-16)23(19-11-13-34-15-19)30-26(32)24(25(31)29-30)35-21-5-3-2-4-20(21)27/h2-15,23,32H,1H3,(H,29,31)/p-1. The van der Waals surface area contributed by atoms with Gasteiger partial charge in [-0.25, -0.2) is 4.98 Å². The molecule has 0 bridgehead atoms. The number of pyridine rings is 1. The van der Waals surface area contributed by atoms with E-state index in [1.54, 1.807) is 31.5 Å². The fraction of sp³-hybridized carbons (Fsp3) is 0.0769. The summed E-state index contributed by atoms with van der Waals surface area (Å²) in [5.41, 5.74) is 3.28. The zero-order valence-corrected chi connectivity index (χ0v) is 20.9. The Bertz CT molecular complexity index is 1510. The Balaban J connectivity index is 1.54. The quantitative estimate of drug-likeness (QED) is 0.292. The first-order chi connectivity index (χ1) is 17.0. The molecule has 3 heterocycles. The van der Waals surface area contributed by atoms with E-state index in [0.29, 0.717) is 15.8 Å². The molecule has 1 N–H and O–H groups in total. The Labute approximate surface area is 214 Å². The van der Waals surface area contributed by atoms with Crippen molar-refractivity contribution in [2.45, 2.75) is 15.8 Å². The highest BCUT2D eigenvalue weighted by molar-refractivity contribution is 7.99. The third-order valence-corrected chi connectivity index (χ3v) is 7.79. The van der Waals surface area contributed by atoms with E-state index in [-0.39, 0.29) is 10.8 Å². The maximum Gasteiger partial charge on any atom is 0.277 e. The van der Waals surface area contributed by atoms with Gasteiger partial charge in [0.15, 0.2) is 0 Å². The maximum absolute atomic E-state index is 13.4. The third kappa shape index (κ3) is 4.73. The van der Waals surface area contributed by atoms with E-state index in [2.05, 4.69) is 10.1 Å². The van der Waals surface area contributed by atoms with Gasteiger partial charge in [-0.15, -0.1) is 0 Å². The molecule has 0 saturated carbocycles. The van der Waals surface area contributed by atoms with Gasteiger partial charge in [-0.2, -0.15) is 11.3 Å². The lowest BCUT2D eigenvalue weighted by atomic mass is 9.98. The Hall–Kier alpha value is -3.46. The average Bonchev–Trinajstić information content (AvgIpc) is 3.51. The molecule has 5 rings (SSSR count). The highest BCUT2D eigenvalue weighted by Gasteiger charge is 2.21. The molecule has 0 spiro atoms. The molecular weight excluding hydrogens is 502 g/mol. The van der Waals surface area contributed by atoms with Crippen LogP contribution >= 0.6 is 34.7 Å². The lowest BCUT2D eigenvalue weighted by Gasteiger charge is -2.24. The minimum absolute atomic E-state index is 0.0823. The van der Waals surface area contributed by atoms with E-state index in [1.807, 2.05) is 59.3 Å². The SMILES string of the molecule is COc1cc(-c2ccc(C(c3ccsc3)n3[nH]c(=O)c(Sc4ccccc4Cl)c3[O-])cc2)ccn1. The fourth-order valence-electron chi connectivity index (χ4n) is 3.81. The second-order valence-corrected chi connectivity index (χ2v) is 9.89. The van der Waals surface area contributed by atoms with Crippen molar-refractivity contribution in [3.05, 3.63) is 110 Å². The summed E-state index contributed by atoms with van der Waals surface area (Å²) in [6.07, 6.45) is 1.70. The molecule has 9 heteroatoms. The Kier molecular flexibility index (Phi) is 6.68. The molecule has 176 valence electrons. The van der Waals surface area contributed by atoms with Crippen LogP contribution in [0.25, 0.3) is 11.1 Å². The van der Waals surface area contributed by atoms with Gasteiger partial charge in [-0.1, -0.05) is 59.8 Å². The second kappa shape index (κ2) is 10.0. The topological polar surface area (TPSA) is 83.0 Å². The van der Waals surface area contributed by atoms with E-state index in [4.69, 9.17) is 16.3 Å². The van der Waals surface area contributed by atoms with Crippen LogP contribution in [-0.4, -0.2) is 21.9 Å². The normalized spacial score (nSPS) is 11.9. The van der Waals surface area contributed by atoms with E-state index < -0.39 is 11.6 Å². The fourth-order valence-corrected chi connectivity index (χ4v) is 5.59. The molecule has 1 atom stereocenters. The van der Waals surface area contributed by atoms with Crippen LogP contribution in [0.5, 0.6) is 11.8 Å². The van der Waals surface area contributed by atoms with Gasteiger partial charge in [-0.3, -0.25) is 14.6 Å². The van der Waals surface area contributed by atoms with Crippen molar-refractivity contribution in [1.82, 2.24) is 14.8 Å². The molecule has 0 aliphatic carbocycles. The molecule has 0 radical (unpaired) electrons. The van der Waals surface area contributed by atoms with E-state index in [9.17, 15) is 9.90 Å². The smallest absolute Gasteiger partial charge is 0.277 e. The lowest BCUT2D eigenvalue weighted by Crippen LogP contribution is -2.17. The van der Waals surface area contributed by atoms with Crippen LogP contribution in [0, 0.1) is 0 Å². The average molecular weight is 521 g/mol. The first-order valence-electron chi connectivity index (χ1n) is 10.6. The van der Waals surface area contributed by atoms with Gasteiger partial charge < -0.3 is 9.84 Å². The van der Waals surface area contributed by atoms with Crippen molar-refractivity contribution >= 4 is 34.7 Å². The van der Waals surface area contributed by atoms with Crippen LogP contribution in [-0.2, 0) is 0 Å². The minimum Gasteiger partial charge on any atom is -0.858 e. The van der Waals surface area contributed by atoms with Gasteiger partial charge in [0.2, 0.25) is 5.88 Å². The molecule has 5 aromatic rings. The van der Waals surface area contributed by atoms with Crippen molar-refractivity contribution in [2.75, 3.05) is 7.11 Å². The number of H-pyrrole nitrogens is 1. The molecule has 0 aliphatic heterocycles. The van der Waals surface area contributed by atoms with Crippen molar-refractivity contribution < 1.29 is 9.84 Å². The van der Waals surface area contributed by atoms with Crippen LogP contribution in [0.3, 0.4) is 0 Å². The van der Waals surface area contributed by atoms with Crippen LogP contribution in [0.2, 0.25) is 5.02 Å². The highest BCUT2D eigenvalue weighted by Crippen LogP contribution is 2.38. The summed E-state index contributed by atoms with van der Waals surface area (Å²) in [6, 6.07) is 20.3. The van der Waals surface area contributed by atoms with Gasteiger partial charge in [-0.05, 0) is 57.3 Å². The van der Waals surface area contributed by atoms with Crippen molar-refractivity contribution in [3.63, 3.8) is 0 Å². The molecule has 0 fully saturated rings. The first kappa shape index (κ1) is 23.3. The van der Waals surface area contributed by atoms with Gasteiger partial charge in [0.1, 0.15) is 0 Å². The van der Waals surface area contributed by atoms with Gasteiger partial charge >= 0.3 is 0 Å². The summed E-state index contributed by atoms with van der Waals surface area (Å²) in [6.45, 7) is 0. The lowest BCUT2D eigenvalue weighted by molar-refractivity contribution is -0.284. The summed E-state index contributed by atoms with van der Waals surface area (Å²) in [7, 11) is 1.58. The van der Waals surface area contributed by atoms with Crippen LogP contribution in [0.1, 0.15) is 17.2 Å². The van der Waals surface area contributed by atoms with Crippen LogP contribution in [0.4, 0.5) is 0 Å². The number of methoxy groups -OCH3 is 1. The highest BCUT2D eigenvalue weighted by atomic mass is 35.5. The van der Waals surface area contributed by atoms with Crippen molar-refractivity contribution in [1.29, 1.82) is 0 Å². The van der Waals surface area contributed by atoms with Crippen molar-refractivity contribution in [2.24, 2.45) is 0 Å². The molecular formula is C26H19ClN3O3S2-. The number of ether oxygens (including phenoxy) is 1. The molecule has 3 aromatic heterocycles. The maximum atomic E-state index is 13.4. The Morgan fingerprint density at radius 2 is 1.89 bits per heavy atom. The number of nitrogens with zero attached hydrogens (tertiary/aromatic N) is 2. The number of nitrogens with one attached hydrogen (secondary N) is 1. The Morgan fingerprint density at radius 3 is 2.60 bits per heavy atom. The first-order valence-corrected chi connectivity index (χ1v) is 12.7. The van der Waals surface area contributed by atoms with Gasteiger partial charge in [0.25, 0.3) is 5.56 Å². The zero-order valence-electron chi connectivity index (χ0n) is 18.5.